The van der Waals surface area contributed by atoms with Gasteiger partial charge < -0.3 is 5.11 Å². The SMILES string of the molecule is Cc1ccc(O)c(C(=O)c2ccc3c(c2)C(=C(C#N)C#N)CC(C)(C)C3)c1. The molecule has 1 aliphatic carbocycles. The standard InChI is InChI=1S/C23H20N2O2/c1-14-4-7-21(26)19(8-14)22(27)15-5-6-16-10-23(2,3)11-20(18(16)9-15)17(12-24)13-25/h4-9,26H,10-11H2,1-3H3. The van der Waals surface area contributed by atoms with Crippen molar-refractivity contribution in [2.75, 3.05) is 0 Å². The molecule has 4 heteroatoms. The molecule has 0 saturated carbocycles. The van der Waals surface area contributed by atoms with Crippen LogP contribution < -0.4 is 0 Å². The summed E-state index contributed by atoms with van der Waals surface area (Å²) in [4.78, 5) is 12.9. The Balaban J connectivity index is 2.16. The topological polar surface area (TPSA) is 84.9 Å². The fourth-order valence-electron chi connectivity index (χ4n) is 3.67. The molecule has 0 aromatic heterocycles. The first-order valence-corrected chi connectivity index (χ1v) is 8.77. The van der Waals surface area contributed by atoms with Gasteiger partial charge in [-0.1, -0.05) is 37.6 Å². The zero-order valence-electron chi connectivity index (χ0n) is 15.6. The third-order valence-corrected chi connectivity index (χ3v) is 4.94. The van der Waals surface area contributed by atoms with E-state index in [0.717, 1.165) is 23.1 Å². The van der Waals surface area contributed by atoms with Gasteiger partial charge in [0.05, 0.1) is 5.56 Å². The number of allylic oxidation sites excluding steroid dienone is 2. The largest absolute Gasteiger partial charge is 0.507 e. The smallest absolute Gasteiger partial charge is 0.196 e. The van der Waals surface area contributed by atoms with E-state index in [-0.39, 0.29) is 28.1 Å². The molecule has 4 nitrogen and oxygen atoms in total. The fraction of sp³-hybridized carbons (Fsp3) is 0.261. The quantitative estimate of drug-likeness (QED) is 0.624. The van der Waals surface area contributed by atoms with E-state index >= 15 is 0 Å². The summed E-state index contributed by atoms with van der Waals surface area (Å²) in [6, 6.07) is 14.3. The molecule has 134 valence electrons. The minimum Gasteiger partial charge on any atom is -0.507 e. The molecule has 0 aliphatic heterocycles. The van der Waals surface area contributed by atoms with Crippen LogP contribution in [0.2, 0.25) is 0 Å². The number of fused-ring (bicyclic) bond motifs is 1. The second-order valence-corrected chi connectivity index (χ2v) is 7.82. The van der Waals surface area contributed by atoms with E-state index in [1.54, 1.807) is 24.3 Å². The number of carbonyl (C=O) groups excluding carboxylic acids is 1. The number of aromatic hydroxyl groups is 1. The van der Waals surface area contributed by atoms with Crippen molar-refractivity contribution in [3.8, 4) is 17.9 Å². The number of benzene rings is 2. The maximum Gasteiger partial charge on any atom is 0.196 e. The summed E-state index contributed by atoms with van der Waals surface area (Å²) in [5, 5.41) is 28.8. The monoisotopic (exact) mass is 356 g/mol. The van der Waals surface area contributed by atoms with Crippen molar-refractivity contribution in [2.45, 2.75) is 33.6 Å². The van der Waals surface area contributed by atoms with Crippen LogP contribution in [0.1, 0.15) is 52.9 Å². The van der Waals surface area contributed by atoms with Crippen LogP contribution in [0.25, 0.3) is 5.57 Å². The van der Waals surface area contributed by atoms with Crippen LogP contribution in [0.3, 0.4) is 0 Å². The Hall–Kier alpha value is -3.37. The van der Waals surface area contributed by atoms with Gasteiger partial charge in [-0.2, -0.15) is 10.5 Å². The van der Waals surface area contributed by atoms with Crippen LogP contribution in [-0.2, 0) is 6.42 Å². The zero-order valence-corrected chi connectivity index (χ0v) is 15.6. The van der Waals surface area contributed by atoms with Crippen molar-refractivity contribution >= 4 is 11.4 Å². The van der Waals surface area contributed by atoms with Gasteiger partial charge >= 0.3 is 0 Å². The Kier molecular flexibility index (Phi) is 4.60. The highest BCUT2D eigenvalue weighted by Gasteiger charge is 2.31. The van der Waals surface area contributed by atoms with Gasteiger partial charge in [-0.3, -0.25) is 4.79 Å². The Morgan fingerprint density at radius 2 is 1.78 bits per heavy atom. The van der Waals surface area contributed by atoms with E-state index < -0.39 is 0 Å². The summed E-state index contributed by atoms with van der Waals surface area (Å²) >= 11 is 0. The van der Waals surface area contributed by atoms with Crippen molar-refractivity contribution in [3.63, 3.8) is 0 Å². The van der Waals surface area contributed by atoms with Crippen molar-refractivity contribution in [2.24, 2.45) is 5.41 Å². The molecule has 2 aromatic carbocycles. The van der Waals surface area contributed by atoms with Crippen LogP contribution in [0, 0.1) is 35.0 Å². The average Bonchev–Trinajstić information content (AvgIpc) is 2.63. The Morgan fingerprint density at radius 3 is 2.44 bits per heavy atom. The van der Waals surface area contributed by atoms with Crippen LogP contribution in [0.15, 0.2) is 42.0 Å². The van der Waals surface area contributed by atoms with Crippen molar-refractivity contribution in [1.82, 2.24) is 0 Å². The molecule has 2 aromatic rings. The van der Waals surface area contributed by atoms with Crippen LogP contribution in [0.4, 0.5) is 0 Å². The number of carbonyl (C=O) groups is 1. The second-order valence-electron chi connectivity index (χ2n) is 7.82. The lowest BCUT2D eigenvalue weighted by Gasteiger charge is -2.33. The van der Waals surface area contributed by atoms with Crippen molar-refractivity contribution < 1.29 is 9.90 Å². The summed E-state index contributed by atoms with van der Waals surface area (Å²) in [6.07, 6.45) is 1.41. The van der Waals surface area contributed by atoms with E-state index in [1.165, 1.54) is 6.07 Å². The number of ketones is 1. The second kappa shape index (κ2) is 6.74. The summed E-state index contributed by atoms with van der Waals surface area (Å²) in [6.45, 7) is 6.07. The highest BCUT2D eigenvalue weighted by Crippen LogP contribution is 2.43. The molecule has 0 radical (unpaired) electrons. The van der Waals surface area contributed by atoms with Crippen LogP contribution in [-0.4, -0.2) is 10.9 Å². The van der Waals surface area contributed by atoms with Crippen LogP contribution >= 0.6 is 0 Å². The first kappa shape index (κ1) is 18.4. The van der Waals surface area contributed by atoms with E-state index in [2.05, 4.69) is 13.8 Å². The lowest BCUT2D eigenvalue weighted by atomic mass is 9.70. The normalized spacial score (nSPS) is 14.6. The molecule has 1 aliphatic rings. The first-order chi connectivity index (χ1) is 12.8. The zero-order chi connectivity index (χ0) is 19.8. The van der Waals surface area contributed by atoms with Gasteiger partial charge in [-0.05, 0) is 60.1 Å². The van der Waals surface area contributed by atoms with Crippen molar-refractivity contribution in [3.05, 3.63) is 69.8 Å². The van der Waals surface area contributed by atoms with Gasteiger partial charge in [0.1, 0.15) is 23.5 Å². The summed E-state index contributed by atoms with van der Waals surface area (Å²) < 4.78 is 0. The minimum atomic E-state index is -0.279. The van der Waals surface area contributed by atoms with Gasteiger partial charge in [-0.15, -0.1) is 0 Å². The first-order valence-electron chi connectivity index (χ1n) is 8.77. The molecule has 27 heavy (non-hydrogen) atoms. The molecule has 1 N–H and O–H groups in total. The van der Waals surface area contributed by atoms with Gasteiger partial charge in [0, 0.05) is 5.56 Å². The average molecular weight is 356 g/mol. The number of phenolic OH excluding ortho intramolecular Hbond substituents is 1. The maximum atomic E-state index is 12.9. The summed E-state index contributed by atoms with van der Waals surface area (Å²) in [5.74, 6) is -0.339. The number of nitriles is 2. The number of rotatable bonds is 2. The molecule has 0 bridgehead atoms. The maximum absolute atomic E-state index is 12.9. The summed E-state index contributed by atoms with van der Waals surface area (Å²) in [5.41, 5.74) is 4.08. The molecule has 0 heterocycles. The number of aryl methyl sites for hydroxylation is 1. The lowest BCUT2D eigenvalue weighted by Crippen LogP contribution is -2.22. The van der Waals surface area contributed by atoms with E-state index in [0.29, 0.717) is 17.6 Å². The van der Waals surface area contributed by atoms with E-state index in [1.807, 2.05) is 25.1 Å². The lowest BCUT2D eigenvalue weighted by molar-refractivity contribution is 0.103. The van der Waals surface area contributed by atoms with E-state index in [4.69, 9.17) is 0 Å². The number of hydrogen-bond donors (Lipinski definition) is 1. The molecular weight excluding hydrogens is 336 g/mol. The van der Waals surface area contributed by atoms with Crippen LogP contribution in [0.5, 0.6) is 5.75 Å². The third kappa shape index (κ3) is 3.48. The highest BCUT2D eigenvalue weighted by molar-refractivity contribution is 6.11. The fourth-order valence-corrected chi connectivity index (χ4v) is 3.67. The van der Waals surface area contributed by atoms with Gasteiger partial charge in [0.15, 0.2) is 5.78 Å². The Morgan fingerprint density at radius 1 is 1.07 bits per heavy atom. The predicted octanol–water partition coefficient (Wildman–Crippen LogP) is 4.70. The molecule has 3 rings (SSSR count). The number of phenols is 1. The third-order valence-electron chi connectivity index (χ3n) is 4.94. The Labute approximate surface area is 159 Å². The van der Waals surface area contributed by atoms with E-state index in [9.17, 15) is 20.4 Å². The molecule has 0 saturated heterocycles. The number of nitrogens with zero attached hydrogens (tertiary/aromatic N) is 2. The highest BCUT2D eigenvalue weighted by atomic mass is 16.3. The molecule has 0 unspecified atom stereocenters. The molecule has 0 amide bonds. The molecule has 0 atom stereocenters. The predicted molar refractivity (Wildman–Crippen MR) is 103 cm³/mol. The minimum absolute atomic E-state index is 0.0602. The summed E-state index contributed by atoms with van der Waals surface area (Å²) in [7, 11) is 0. The molecular formula is C23H20N2O2. The number of hydrogen-bond acceptors (Lipinski definition) is 4. The molecule has 0 spiro atoms. The van der Waals surface area contributed by atoms with Crippen molar-refractivity contribution in [1.29, 1.82) is 10.5 Å². The van der Waals surface area contributed by atoms with Gasteiger partial charge in [-0.25, -0.2) is 0 Å². The Bertz CT molecular complexity index is 1050. The molecule has 0 fully saturated rings. The van der Waals surface area contributed by atoms with Gasteiger partial charge in [0.2, 0.25) is 0 Å². The van der Waals surface area contributed by atoms with Gasteiger partial charge in [0.25, 0.3) is 0 Å².